The summed E-state index contributed by atoms with van der Waals surface area (Å²) in [5, 5.41) is 9.04. The van der Waals surface area contributed by atoms with Crippen LogP contribution in [0.25, 0.3) is 11.1 Å². The molecule has 0 aliphatic heterocycles. The van der Waals surface area contributed by atoms with Gasteiger partial charge in [0.05, 0.1) is 12.7 Å². The van der Waals surface area contributed by atoms with Crippen molar-refractivity contribution in [1.82, 2.24) is 4.98 Å². The van der Waals surface area contributed by atoms with Crippen LogP contribution in [0.3, 0.4) is 0 Å². The number of hydrogen-bond donors (Lipinski definition) is 0. The summed E-state index contributed by atoms with van der Waals surface area (Å²) in [7, 11) is 1.56. The molecule has 0 atom stereocenters. The summed E-state index contributed by atoms with van der Waals surface area (Å²) in [6, 6.07) is 9.64. The van der Waals surface area contributed by atoms with Crippen LogP contribution in [0.4, 0.5) is 0 Å². The first-order chi connectivity index (χ1) is 8.26. The number of aryl methyl sites for hydroxylation is 1. The third-order valence-electron chi connectivity index (χ3n) is 2.67. The molecule has 1 heterocycles. The van der Waals surface area contributed by atoms with E-state index in [9.17, 15) is 0 Å². The highest BCUT2D eigenvalue weighted by atomic mass is 16.5. The highest BCUT2D eigenvalue weighted by Gasteiger charge is 2.06. The summed E-state index contributed by atoms with van der Waals surface area (Å²) < 4.78 is 5.12. The number of aromatic nitrogens is 1. The minimum absolute atomic E-state index is 0.535. The first kappa shape index (κ1) is 11.2. The van der Waals surface area contributed by atoms with Gasteiger partial charge in [-0.2, -0.15) is 5.26 Å². The van der Waals surface area contributed by atoms with Crippen molar-refractivity contribution in [2.45, 2.75) is 6.92 Å². The smallest absolute Gasteiger partial charge is 0.136 e. The molecular formula is C14H12N2O. The zero-order valence-corrected chi connectivity index (χ0v) is 9.77. The Hall–Kier alpha value is -2.34. The maximum atomic E-state index is 9.04. The van der Waals surface area contributed by atoms with E-state index in [-0.39, 0.29) is 0 Å². The largest absolute Gasteiger partial charge is 0.495 e. The van der Waals surface area contributed by atoms with Gasteiger partial charge in [0.2, 0.25) is 0 Å². The van der Waals surface area contributed by atoms with E-state index in [0.29, 0.717) is 11.3 Å². The molecule has 0 fully saturated rings. The average molecular weight is 224 g/mol. The van der Waals surface area contributed by atoms with Gasteiger partial charge in [-0.05, 0) is 36.2 Å². The fraction of sp³-hybridized carbons (Fsp3) is 0.143. The van der Waals surface area contributed by atoms with E-state index in [2.05, 4.69) is 11.1 Å². The van der Waals surface area contributed by atoms with Crippen LogP contribution in [0.15, 0.2) is 36.7 Å². The number of benzene rings is 1. The molecule has 1 aromatic carbocycles. The Kier molecular flexibility index (Phi) is 3.06. The van der Waals surface area contributed by atoms with Crippen molar-refractivity contribution in [3.8, 4) is 22.9 Å². The number of nitriles is 1. The summed E-state index contributed by atoms with van der Waals surface area (Å²) in [5.74, 6) is 0.595. The first-order valence-electron chi connectivity index (χ1n) is 5.25. The molecule has 3 heteroatoms. The van der Waals surface area contributed by atoms with Gasteiger partial charge in [0.25, 0.3) is 0 Å². The van der Waals surface area contributed by atoms with Gasteiger partial charge < -0.3 is 4.74 Å². The van der Waals surface area contributed by atoms with E-state index in [0.717, 1.165) is 16.7 Å². The van der Waals surface area contributed by atoms with Crippen molar-refractivity contribution in [3.63, 3.8) is 0 Å². The maximum absolute atomic E-state index is 9.04. The number of ether oxygens (including phenoxy) is 1. The molecule has 1 aromatic heterocycles. The molecule has 0 radical (unpaired) electrons. The van der Waals surface area contributed by atoms with Crippen LogP contribution in [0.2, 0.25) is 0 Å². The van der Waals surface area contributed by atoms with E-state index in [1.807, 2.05) is 25.1 Å². The van der Waals surface area contributed by atoms with Crippen LogP contribution in [-0.4, -0.2) is 12.1 Å². The van der Waals surface area contributed by atoms with Crippen molar-refractivity contribution >= 4 is 0 Å². The molecule has 84 valence electrons. The molecule has 3 nitrogen and oxygen atoms in total. The Labute approximate surface area is 100 Å². The SMILES string of the molecule is COc1ccc(-c2cnccc2C)cc1C#N. The van der Waals surface area contributed by atoms with Crippen molar-refractivity contribution in [2.24, 2.45) is 0 Å². The molecule has 0 amide bonds. The second kappa shape index (κ2) is 4.67. The molecule has 2 aromatic rings. The zero-order valence-electron chi connectivity index (χ0n) is 9.77. The lowest BCUT2D eigenvalue weighted by Gasteiger charge is -2.07. The van der Waals surface area contributed by atoms with E-state index in [1.165, 1.54) is 0 Å². The lowest BCUT2D eigenvalue weighted by Crippen LogP contribution is -1.90. The topological polar surface area (TPSA) is 45.9 Å². The van der Waals surface area contributed by atoms with Crippen LogP contribution in [-0.2, 0) is 0 Å². The summed E-state index contributed by atoms with van der Waals surface area (Å²) in [5.41, 5.74) is 3.68. The highest BCUT2D eigenvalue weighted by Crippen LogP contribution is 2.27. The standard InChI is InChI=1S/C14H12N2O/c1-10-5-6-16-9-13(10)11-3-4-14(17-2)12(7-11)8-15/h3-7,9H,1-2H3. The lowest BCUT2D eigenvalue weighted by atomic mass is 10.0. The number of rotatable bonds is 2. The maximum Gasteiger partial charge on any atom is 0.136 e. The van der Waals surface area contributed by atoms with Crippen LogP contribution >= 0.6 is 0 Å². The zero-order chi connectivity index (χ0) is 12.3. The van der Waals surface area contributed by atoms with Crippen LogP contribution in [0, 0.1) is 18.3 Å². The normalized spacial score (nSPS) is 9.71. The van der Waals surface area contributed by atoms with Gasteiger partial charge in [-0.1, -0.05) is 6.07 Å². The van der Waals surface area contributed by atoms with E-state index in [4.69, 9.17) is 10.00 Å². The Bertz CT molecular complexity index is 585. The molecule has 0 saturated carbocycles. The minimum atomic E-state index is 0.535. The van der Waals surface area contributed by atoms with E-state index in [1.54, 1.807) is 25.6 Å². The second-order valence-electron chi connectivity index (χ2n) is 3.72. The number of nitrogens with zero attached hydrogens (tertiary/aromatic N) is 2. The Morgan fingerprint density at radius 1 is 1.29 bits per heavy atom. The Morgan fingerprint density at radius 3 is 2.76 bits per heavy atom. The third-order valence-corrected chi connectivity index (χ3v) is 2.67. The third kappa shape index (κ3) is 2.11. The summed E-state index contributed by atoms with van der Waals surface area (Å²) >= 11 is 0. The number of hydrogen-bond acceptors (Lipinski definition) is 3. The minimum Gasteiger partial charge on any atom is -0.495 e. The second-order valence-corrected chi connectivity index (χ2v) is 3.72. The van der Waals surface area contributed by atoms with E-state index < -0.39 is 0 Å². The van der Waals surface area contributed by atoms with E-state index >= 15 is 0 Å². The fourth-order valence-corrected chi connectivity index (χ4v) is 1.73. The molecule has 0 saturated heterocycles. The van der Waals surface area contributed by atoms with Crippen LogP contribution < -0.4 is 4.74 Å². The molecule has 0 unspecified atom stereocenters. The van der Waals surface area contributed by atoms with Gasteiger partial charge in [-0.3, -0.25) is 4.98 Å². The quantitative estimate of drug-likeness (QED) is 0.787. The first-order valence-corrected chi connectivity index (χ1v) is 5.25. The van der Waals surface area contributed by atoms with Gasteiger partial charge in [0, 0.05) is 18.0 Å². The van der Waals surface area contributed by atoms with Gasteiger partial charge in [-0.25, -0.2) is 0 Å². The highest BCUT2D eigenvalue weighted by molar-refractivity contribution is 5.69. The Balaban J connectivity index is 2.55. The van der Waals surface area contributed by atoms with Crippen LogP contribution in [0.5, 0.6) is 5.75 Å². The Morgan fingerprint density at radius 2 is 2.12 bits per heavy atom. The molecule has 0 spiro atoms. The summed E-state index contributed by atoms with van der Waals surface area (Å²) in [4.78, 5) is 4.11. The summed E-state index contributed by atoms with van der Waals surface area (Å²) in [6.07, 6.45) is 3.56. The fourth-order valence-electron chi connectivity index (χ4n) is 1.73. The van der Waals surface area contributed by atoms with Gasteiger partial charge in [0.1, 0.15) is 11.8 Å². The molecule has 0 bridgehead atoms. The molecule has 0 N–H and O–H groups in total. The lowest BCUT2D eigenvalue weighted by molar-refractivity contribution is 0.413. The van der Waals surface area contributed by atoms with Crippen LogP contribution in [0.1, 0.15) is 11.1 Å². The van der Waals surface area contributed by atoms with Crippen molar-refractivity contribution in [2.75, 3.05) is 7.11 Å². The predicted octanol–water partition coefficient (Wildman–Crippen LogP) is 2.94. The van der Waals surface area contributed by atoms with Gasteiger partial charge in [-0.15, -0.1) is 0 Å². The molecule has 17 heavy (non-hydrogen) atoms. The average Bonchev–Trinajstić information content (AvgIpc) is 2.38. The molecule has 2 rings (SSSR count). The number of pyridine rings is 1. The monoisotopic (exact) mass is 224 g/mol. The predicted molar refractivity (Wildman–Crippen MR) is 65.7 cm³/mol. The summed E-state index contributed by atoms with van der Waals surface area (Å²) in [6.45, 7) is 2.02. The molecular weight excluding hydrogens is 212 g/mol. The van der Waals surface area contributed by atoms with Gasteiger partial charge in [0.15, 0.2) is 0 Å². The molecule has 0 aliphatic carbocycles. The van der Waals surface area contributed by atoms with Crippen molar-refractivity contribution < 1.29 is 4.74 Å². The van der Waals surface area contributed by atoms with Gasteiger partial charge >= 0.3 is 0 Å². The number of methoxy groups -OCH3 is 1. The van der Waals surface area contributed by atoms with Crippen molar-refractivity contribution in [3.05, 3.63) is 47.8 Å². The van der Waals surface area contributed by atoms with Crippen molar-refractivity contribution in [1.29, 1.82) is 5.26 Å². The molecule has 0 aliphatic rings.